The smallest absolute Gasteiger partial charge is 0.242 e. The molecule has 0 unspecified atom stereocenters. The number of hydrogen-bond acceptors (Lipinski definition) is 1. The first-order valence-corrected chi connectivity index (χ1v) is 5.06. The highest BCUT2D eigenvalue weighted by atomic mass is 127. The highest BCUT2D eigenvalue weighted by Crippen LogP contribution is 2.33. The summed E-state index contributed by atoms with van der Waals surface area (Å²) in [5.74, 6) is 0. The van der Waals surface area contributed by atoms with Crippen LogP contribution in [0.1, 0.15) is 12.0 Å². The van der Waals surface area contributed by atoms with E-state index in [2.05, 4.69) is 20.9 Å². The van der Waals surface area contributed by atoms with Gasteiger partial charge in [0, 0.05) is 16.2 Å². The number of halogens is 5. The summed E-state index contributed by atoms with van der Waals surface area (Å²) in [6.07, 6.45) is -1.27. The van der Waals surface area contributed by atoms with Crippen LogP contribution in [0.25, 0.3) is 0 Å². The monoisotopic (exact) mass is 367 g/mol. The largest absolute Gasteiger partial charge is 0.266 e. The van der Waals surface area contributed by atoms with Crippen LogP contribution in [-0.2, 0) is 0 Å². The first-order valence-electron chi connectivity index (χ1n) is 2.81. The van der Waals surface area contributed by atoms with E-state index >= 15 is 0 Å². The van der Waals surface area contributed by atoms with Crippen molar-refractivity contribution in [3.63, 3.8) is 0 Å². The van der Waals surface area contributed by atoms with Crippen molar-refractivity contribution in [2.75, 3.05) is 0 Å². The molecular weight excluding hydrogens is 366 g/mol. The summed E-state index contributed by atoms with van der Waals surface area (Å²) in [7, 11) is 0. The normalized spacial score (nSPS) is 10.8. The minimum atomic E-state index is -2.54. The van der Waals surface area contributed by atoms with Gasteiger partial charge in [-0.15, -0.1) is 0 Å². The summed E-state index contributed by atoms with van der Waals surface area (Å²) in [6, 6.07) is 0. The molecule has 1 heterocycles. The molecule has 0 fully saturated rings. The lowest BCUT2D eigenvalue weighted by atomic mass is 10.3. The molecule has 1 nitrogen and oxygen atoms in total. The third-order valence-electron chi connectivity index (χ3n) is 1.18. The van der Waals surface area contributed by atoms with E-state index < -0.39 is 6.43 Å². The Morgan fingerprint density at radius 2 is 2.17 bits per heavy atom. The van der Waals surface area contributed by atoms with E-state index in [9.17, 15) is 8.78 Å². The van der Waals surface area contributed by atoms with Gasteiger partial charge in [-0.3, -0.25) is 0 Å². The zero-order valence-electron chi connectivity index (χ0n) is 5.49. The maximum Gasteiger partial charge on any atom is 0.266 e. The van der Waals surface area contributed by atoms with Crippen molar-refractivity contribution in [3.05, 3.63) is 25.0 Å². The van der Waals surface area contributed by atoms with Crippen LogP contribution in [0.5, 0.6) is 0 Å². The summed E-state index contributed by atoms with van der Waals surface area (Å²) in [5, 5.41) is 0.106. The van der Waals surface area contributed by atoms with Gasteiger partial charge in [0.25, 0.3) is 6.43 Å². The second-order valence-electron chi connectivity index (χ2n) is 1.93. The second kappa shape index (κ2) is 4.15. The molecule has 0 aliphatic carbocycles. The quantitative estimate of drug-likeness (QED) is 0.539. The molecule has 1 aromatic heterocycles. The van der Waals surface area contributed by atoms with E-state index in [1.165, 1.54) is 6.20 Å². The second-order valence-corrected chi connectivity index (χ2v) is 4.22. The Labute approximate surface area is 94.8 Å². The van der Waals surface area contributed by atoms with Gasteiger partial charge in [-0.05, 0) is 38.5 Å². The molecule has 0 radical (unpaired) electrons. The topological polar surface area (TPSA) is 12.9 Å². The Balaban J connectivity index is 3.33. The van der Waals surface area contributed by atoms with Crippen molar-refractivity contribution in [1.29, 1.82) is 0 Å². The van der Waals surface area contributed by atoms with Crippen molar-refractivity contribution in [1.82, 2.24) is 4.98 Å². The molecule has 0 amide bonds. The van der Waals surface area contributed by atoms with E-state index in [0.29, 0.717) is 3.57 Å². The molecule has 6 heteroatoms. The van der Waals surface area contributed by atoms with Crippen molar-refractivity contribution in [2.45, 2.75) is 6.43 Å². The lowest BCUT2D eigenvalue weighted by Gasteiger charge is -2.05. The molecule has 0 saturated carbocycles. The lowest BCUT2D eigenvalue weighted by molar-refractivity contribution is 0.149. The van der Waals surface area contributed by atoms with Gasteiger partial charge in [-0.25, -0.2) is 13.8 Å². The summed E-state index contributed by atoms with van der Waals surface area (Å²) >= 11 is 10.3. The van der Waals surface area contributed by atoms with Crippen molar-refractivity contribution in [2.24, 2.45) is 0 Å². The Kier molecular flexibility index (Phi) is 3.66. The maximum atomic E-state index is 12.3. The predicted molar refractivity (Wildman–Crippen MR) is 54.6 cm³/mol. The fraction of sp³-hybridized carbons (Fsp3) is 0.167. The molecule has 0 saturated heterocycles. The molecule has 0 atom stereocenters. The molecular formula is C6H2BrClF2IN. The van der Waals surface area contributed by atoms with Crippen LogP contribution in [0.3, 0.4) is 0 Å². The number of pyridine rings is 1. The lowest BCUT2D eigenvalue weighted by Crippen LogP contribution is -1.94. The van der Waals surface area contributed by atoms with E-state index in [0.717, 1.165) is 0 Å². The highest BCUT2D eigenvalue weighted by Gasteiger charge is 2.18. The van der Waals surface area contributed by atoms with E-state index in [1.54, 1.807) is 22.6 Å². The van der Waals surface area contributed by atoms with E-state index in [1.807, 2.05) is 0 Å². The fourth-order valence-corrected chi connectivity index (χ4v) is 2.32. The molecule has 12 heavy (non-hydrogen) atoms. The van der Waals surface area contributed by atoms with Crippen LogP contribution in [0, 0.1) is 3.57 Å². The van der Waals surface area contributed by atoms with Gasteiger partial charge in [-0.1, -0.05) is 11.6 Å². The Morgan fingerprint density at radius 1 is 1.58 bits per heavy atom. The zero-order chi connectivity index (χ0) is 9.30. The summed E-state index contributed by atoms with van der Waals surface area (Å²) < 4.78 is 25.3. The van der Waals surface area contributed by atoms with Crippen LogP contribution in [0.4, 0.5) is 8.78 Å². The van der Waals surface area contributed by atoms with Crippen molar-refractivity contribution >= 4 is 50.1 Å². The van der Waals surface area contributed by atoms with Gasteiger partial charge >= 0.3 is 0 Å². The number of nitrogens with zero attached hydrogens (tertiary/aromatic N) is 1. The van der Waals surface area contributed by atoms with E-state index in [4.69, 9.17) is 11.6 Å². The first-order chi connectivity index (χ1) is 5.54. The molecule has 0 bridgehead atoms. The van der Waals surface area contributed by atoms with Crippen LogP contribution in [0.15, 0.2) is 10.7 Å². The number of alkyl halides is 2. The minimum Gasteiger partial charge on any atom is -0.242 e. The Morgan fingerprint density at radius 3 is 2.58 bits per heavy atom. The Hall–Kier alpha value is 0.510. The SMILES string of the molecule is FC(F)c1c(Br)cnc(Cl)c1I. The minimum absolute atomic E-state index is 0.101. The summed E-state index contributed by atoms with van der Waals surface area (Å²) in [4.78, 5) is 3.70. The standard InChI is InChI=1S/C6H2BrClF2IN/c7-2-1-12-5(8)4(11)3(2)6(9)10/h1,6H. The molecule has 0 spiro atoms. The third-order valence-corrected chi connectivity index (χ3v) is 3.51. The molecule has 1 aromatic rings. The van der Waals surface area contributed by atoms with Crippen LogP contribution in [-0.4, -0.2) is 4.98 Å². The molecule has 66 valence electrons. The molecule has 1 rings (SSSR count). The molecule has 0 aromatic carbocycles. The summed E-state index contributed by atoms with van der Waals surface area (Å²) in [6.45, 7) is 0. The third kappa shape index (κ3) is 2.05. The average Bonchev–Trinajstić information content (AvgIpc) is 1.97. The van der Waals surface area contributed by atoms with Gasteiger partial charge in [0.1, 0.15) is 5.15 Å². The van der Waals surface area contributed by atoms with E-state index in [-0.39, 0.29) is 15.2 Å². The van der Waals surface area contributed by atoms with Crippen molar-refractivity contribution < 1.29 is 8.78 Å². The van der Waals surface area contributed by atoms with Gasteiger partial charge in [0.05, 0.1) is 3.57 Å². The zero-order valence-corrected chi connectivity index (χ0v) is 9.99. The molecule has 0 N–H and O–H groups in total. The van der Waals surface area contributed by atoms with Gasteiger partial charge < -0.3 is 0 Å². The number of aromatic nitrogens is 1. The van der Waals surface area contributed by atoms with Crippen LogP contribution in [0.2, 0.25) is 5.15 Å². The van der Waals surface area contributed by atoms with Crippen LogP contribution >= 0.6 is 50.1 Å². The predicted octanol–water partition coefficient (Wildman–Crippen LogP) is 4.04. The Bertz CT molecular complexity index is 308. The van der Waals surface area contributed by atoms with Gasteiger partial charge in [0.15, 0.2) is 0 Å². The highest BCUT2D eigenvalue weighted by molar-refractivity contribution is 14.1. The fourth-order valence-electron chi connectivity index (χ4n) is 0.656. The molecule has 0 aliphatic rings. The maximum absolute atomic E-state index is 12.3. The van der Waals surface area contributed by atoms with Gasteiger partial charge in [0.2, 0.25) is 0 Å². The molecule has 0 aliphatic heterocycles. The average molecular weight is 368 g/mol. The first kappa shape index (κ1) is 10.6. The summed E-state index contributed by atoms with van der Waals surface area (Å²) in [5.41, 5.74) is -0.101. The number of hydrogen-bond donors (Lipinski definition) is 0. The van der Waals surface area contributed by atoms with Crippen molar-refractivity contribution in [3.8, 4) is 0 Å². The van der Waals surface area contributed by atoms with Gasteiger partial charge in [-0.2, -0.15) is 0 Å². The number of rotatable bonds is 1. The van der Waals surface area contributed by atoms with Crippen LogP contribution < -0.4 is 0 Å².